The SMILES string of the molecule is CCCNC(=O)COc1c(C)cc(Br)cc1/C=C/C(=O)O. The second-order valence-electron chi connectivity index (χ2n) is 4.45. The molecule has 0 spiro atoms. The van der Waals surface area contributed by atoms with E-state index in [9.17, 15) is 9.59 Å². The predicted molar refractivity (Wildman–Crippen MR) is 84.3 cm³/mol. The average molecular weight is 356 g/mol. The molecule has 2 N–H and O–H groups in total. The van der Waals surface area contributed by atoms with Crippen LogP contribution >= 0.6 is 15.9 Å². The number of carbonyl (C=O) groups excluding carboxylic acids is 1. The smallest absolute Gasteiger partial charge is 0.328 e. The van der Waals surface area contributed by atoms with Crippen LogP contribution in [-0.2, 0) is 9.59 Å². The third-order valence-electron chi connectivity index (χ3n) is 2.59. The van der Waals surface area contributed by atoms with E-state index < -0.39 is 5.97 Å². The number of carbonyl (C=O) groups is 2. The van der Waals surface area contributed by atoms with Gasteiger partial charge in [0.05, 0.1) is 0 Å². The van der Waals surface area contributed by atoms with Crippen molar-refractivity contribution in [3.05, 3.63) is 33.8 Å². The zero-order chi connectivity index (χ0) is 15.8. The summed E-state index contributed by atoms with van der Waals surface area (Å²) in [6.45, 7) is 4.31. The summed E-state index contributed by atoms with van der Waals surface area (Å²) in [7, 11) is 0. The molecule has 0 aliphatic rings. The molecule has 1 aromatic rings. The van der Waals surface area contributed by atoms with E-state index in [1.807, 2.05) is 19.9 Å². The van der Waals surface area contributed by atoms with Gasteiger partial charge in [0.2, 0.25) is 0 Å². The molecule has 0 saturated heterocycles. The Labute approximate surface area is 132 Å². The molecule has 0 fully saturated rings. The number of halogens is 1. The third-order valence-corrected chi connectivity index (χ3v) is 3.05. The number of benzene rings is 1. The van der Waals surface area contributed by atoms with Gasteiger partial charge in [-0.1, -0.05) is 22.9 Å². The molecular formula is C15H18BrNO4. The molecule has 0 saturated carbocycles. The molecule has 0 aliphatic heterocycles. The first-order chi connectivity index (χ1) is 9.93. The monoisotopic (exact) mass is 355 g/mol. The van der Waals surface area contributed by atoms with Gasteiger partial charge in [0.25, 0.3) is 5.91 Å². The first-order valence-corrected chi connectivity index (χ1v) is 7.34. The normalized spacial score (nSPS) is 10.6. The van der Waals surface area contributed by atoms with Crippen molar-refractivity contribution in [3.8, 4) is 5.75 Å². The maximum atomic E-state index is 11.6. The van der Waals surface area contributed by atoms with Crippen LogP contribution in [0.2, 0.25) is 0 Å². The van der Waals surface area contributed by atoms with E-state index >= 15 is 0 Å². The van der Waals surface area contributed by atoms with E-state index in [-0.39, 0.29) is 12.5 Å². The number of hydrogen-bond acceptors (Lipinski definition) is 3. The summed E-state index contributed by atoms with van der Waals surface area (Å²) < 4.78 is 6.35. The maximum Gasteiger partial charge on any atom is 0.328 e. The van der Waals surface area contributed by atoms with Crippen molar-refractivity contribution in [3.63, 3.8) is 0 Å². The number of ether oxygens (including phenoxy) is 1. The highest BCUT2D eigenvalue weighted by atomic mass is 79.9. The van der Waals surface area contributed by atoms with E-state index in [2.05, 4.69) is 21.2 Å². The highest BCUT2D eigenvalue weighted by molar-refractivity contribution is 9.10. The molecule has 0 atom stereocenters. The van der Waals surface area contributed by atoms with Crippen LogP contribution in [0.1, 0.15) is 24.5 Å². The average Bonchev–Trinajstić information content (AvgIpc) is 2.41. The van der Waals surface area contributed by atoms with Crippen LogP contribution in [0.15, 0.2) is 22.7 Å². The van der Waals surface area contributed by atoms with Gasteiger partial charge in [-0.25, -0.2) is 4.79 Å². The second kappa shape index (κ2) is 8.46. The Morgan fingerprint density at radius 1 is 1.43 bits per heavy atom. The highest BCUT2D eigenvalue weighted by Crippen LogP contribution is 2.29. The van der Waals surface area contributed by atoms with Crippen molar-refractivity contribution in [2.45, 2.75) is 20.3 Å². The summed E-state index contributed by atoms with van der Waals surface area (Å²) >= 11 is 3.35. The van der Waals surface area contributed by atoms with Gasteiger partial charge in [-0.2, -0.15) is 0 Å². The van der Waals surface area contributed by atoms with Crippen molar-refractivity contribution >= 4 is 33.9 Å². The van der Waals surface area contributed by atoms with E-state index in [4.69, 9.17) is 9.84 Å². The van der Waals surface area contributed by atoms with Crippen LogP contribution < -0.4 is 10.1 Å². The number of carboxylic acid groups (broad SMARTS) is 1. The van der Waals surface area contributed by atoms with Crippen LogP contribution in [0.5, 0.6) is 5.75 Å². The fourth-order valence-electron chi connectivity index (χ4n) is 1.69. The van der Waals surface area contributed by atoms with Gasteiger partial charge >= 0.3 is 5.97 Å². The summed E-state index contributed by atoms with van der Waals surface area (Å²) in [6, 6.07) is 3.59. The first kappa shape index (κ1) is 17.2. The minimum atomic E-state index is -1.04. The molecule has 0 bridgehead atoms. The number of rotatable bonds is 7. The molecule has 6 heteroatoms. The fraction of sp³-hybridized carbons (Fsp3) is 0.333. The maximum absolute atomic E-state index is 11.6. The molecule has 1 aromatic carbocycles. The van der Waals surface area contributed by atoms with E-state index in [1.54, 1.807) is 6.07 Å². The van der Waals surface area contributed by atoms with E-state index in [0.29, 0.717) is 17.9 Å². The van der Waals surface area contributed by atoms with Crippen molar-refractivity contribution in [2.24, 2.45) is 0 Å². The zero-order valence-electron chi connectivity index (χ0n) is 12.0. The van der Waals surface area contributed by atoms with Crippen molar-refractivity contribution in [2.75, 3.05) is 13.2 Å². The molecule has 0 aliphatic carbocycles. The minimum absolute atomic E-state index is 0.101. The number of aryl methyl sites for hydroxylation is 1. The first-order valence-electron chi connectivity index (χ1n) is 6.54. The topological polar surface area (TPSA) is 75.6 Å². The fourth-order valence-corrected chi connectivity index (χ4v) is 2.28. The van der Waals surface area contributed by atoms with Crippen LogP contribution in [-0.4, -0.2) is 30.1 Å². The molecule has 0 radical (unpaired) electrons. The molecule has 0 heterocycles. The number of aliphatic carboxylic acids is 1. The van der Waals surface area contributed by atoms with Crippen LogP contribution in [0.4, 0.5) is 0 Å². The summed E-state index contributed by atoms with van der Waals surface area (Å²) in [5, 5.41) is 11.4. The Morgan fingerprint density at radius 2 is 2.14 bits per heavy atom. The number of nitrogens with one attached hydrogen (secondary N) is 1. The van der Waals surface area contributed by atoms with Crippen LogP contribution in [0.25, 0.3) is 6.08 Å². The lowest BCUT2D eigenvalue weighted by molar-refractivity contribution is -0.131. The highest BCUT2D eigenvalue weighted by Gasteiger charge is 2.10. The molecule has 5 nitrogen and oxygen atoms in total. The Kier molecular flexibility index (Phi) is 6.94. The lowest BCUT2D eigenvalue weighted by atomic mass is 10.1. The van der Waals surface area contributed by atoms with E-state index in [1.165, 1.54) is 6.08 Å². The molecule has 0 aromatic heterocycles. The van der Waals surface area contributed by atoms with Crippen LogP contribution in [0, 0.1) is 6.92 Å². The Morgan fingerprint density at radius 3 is 2.76 bits per heavy atom. The van der Waals surface area contributed by atoms with Crippen molar-refractivity contribution in [1.82, 2.24) is 5.32 Å². The molecule has 1 rings (SSSR count). The van der Waals surface area contributed by atoms with Crippen LogP contribution in [0.3, 0.4) is 0 Å². The van der Waals surface area contributed by atoms with Gasteiger partial charge < -0.3 is 15.2 Å². The Bertz CT molecular complexity index is 555. The second-order valence-corrected chi connectivity index (χ2v) is 5.37. The van der Waals surface area contributed by atoms with Crippen molar-refractivity contribution in [1.29, 1.82) is 0 Å². The Balaban J connectivity index is 2.89. The standard InChI is InChI=1S/C15H18BrNO4/c1-3-6-17-13(18)9-21-15-10(2)7-12(16)8-11(15)4-5-14(19)20/h4-5,7-8H,3,6,9H2,1-2H3,(H,17,18)(H,19,20)/b5-4+. The molecular weight excluding hydrogens is 338 g/mol. The molecule has 21 heavy (non-hydrogen) atoms. The minimum Gasteiger partial charge on any atom is -0.483 e. The lowest BCUT2D eigenvalue weighted by Gasteiger charge is -2.13. The van der Waals surface area contributed by atoms with Crippen molar-refractivity contribution < 1.29 is 19.4 Å². The molecule has 0 unspecified atom stereocenters. The number of hydrogen-bond donors (Lipinski definition) is 2. The zero-order valence-corrected chi connectivity index (χ0v) is 13.6. The lowest BCUT2D eigenvalue weighted by Crippen LogP contribution is -2.29. The van der Waals surface area contributed by atoms with Gasteiger partial charge in [0, 0.05) is 22.7 Å². The summed E-state index contributed by atoms with van der Waals surface area (Å²) in [6.07, 6.45) is 3.33. The molecule has 114 valence electrons. The summed E-state index contributed by atoms with van der Waals surface area (Å²) in [5.41, 5.74) is 1.42. The van der Waals surface area contributed by atoms with Gasteiger partial charge in [-0.05, 0) is 37.1 Å². The van der Waals surface area contributed by atoms with Gasteiger partial charge in [-0.3, -0.25) is 4.79 Å². The van der Waals surface area contributed by atoms with E-state index in [0.717, 1.165) is 22.5 Å². The van der Waals surface area contributed by atoms with Gasteiger partial charge in [0.15, 0.2) is 6.61 Å². The van der Waals surface area contributed by atoms with Gasteiger partial charge in [0.1, 0.15) is 5.75 Å². The third kappa shape index (κ3) is 5.99. The predicted octanol–water partition coefficient (Wildman–Crippen LogP) is 2.76. The molecule has 1 amide bonds. The summed E-state index contributed by atoms with van der Waals surface area (Å²) in [5.74, 6) is -0.742. The quantitative estimate of drug-likeness (QED) is 0.737. The summed E-state index contributed by atoms with van der Waals surface area (Å²) in [4.78, 5) is 22.2. The Hall–Kier alpha value is -1.82. The largest absolute Gasteiger partial charge is 0.483 e. The number of amides is 1. The number of carboxylic acids is 1. The van der Waals surface area contributed by atoms with Gasteiger partial charge in [-0.15, -0.1) is 0 Å².